The maximum Gasteiger partial charge on any atom is 0.0708 e. The lowest BCUT2D eigenvalue weighted by Gasteiger charge is -2.42. The Morgan fingerprint density at radius 2 is 1.83 bits per heavy atom. The largest absolute Gasteiger partial charge is 0.379 e. The minimum Gasteiger partial charge on any atom is -0.379 e. The number of nitrogens with one attached hydrogen (secondary N) is 1. The normalized spacial score (nSPS) is 18.3. The molecule has 18 heavy (non-hydrogen) atoms. The molecule has 0 aromatic rings. The van der Waals surface area contributed by atoms with Crippen molar-refractivity contribution in [3.8, 4) is 0 Å². The van der Waals surface area contributed by atoms with E-state index in [4.69, 9.17) is 9.47 Å². The fourth-order valence-corrected chi connectivity index (χ4v) is 2.26. The Labute approximate surface area is 113 Å². The van der Waals surface area contributed by atoms with E-state index in [0.29, 0.717) is 12.0 Å². The van der Waals surface area contributed by atoms with Gasteiger partial charge in [0, 0.05) is 12.6 Å². The van der Waals surface area contributed by atoms with Crippen LogP contribution in [0.4, 0.5) is 0 Å². The maximum atomic E-state index is 6.06. The fourth-order valence-electron chi connectivity index (χ4n) is 2.26. The molecule has 1 aliphatic carbocycles. The lowest BCUT2D eigenvalue weighted by atomic mass is 9.77. The molecule has 1 N–H and O–H groups in total. The van der Waals surface area contributed by atoms with Crippen LogP contribution in [-0.2, 0) is 9.47 Å². The van der Waals surface area contributed by atoms with Crippen LogP contribution in [0.25, 0.3) is 0 Å². The van der Waals surface area contributed by atoms with Gasteiger partial charge in [-0.25, -0.2) is 0 Å². The second-order valence-corrected chi connectivity index (χ2v) is 6.21. The molecule has 0 aromatic carbocycles. The molecule has 0 aliphatic heterocycles. The van der Waals surface area contributed by atoms with Crippen molar-refractivity contribution in [3.05, 3.63) is 0 Å². The Morgan fingerprint density at radius 1 is 1.11 bits per heavy atom. The predicted octanol–water partition coefficient (Wildman–Crippen LogP) is 2.99. The van der Waals surface area contributed by atoms with Crippen molar-refractivity contribution in [1.29, 1.82) is 0 Å². The van der Waals surface area contributed by atoms with Crippen LogP contribution in [0, 0.1) is 5.92 Å². The second-order valence-electron chi connectivity index (χ2n) is 6.21. The van der Waals surface area contributed by atoms with Crippen LogP contribution < -0.4 is 5.32 Å². The van der Waals surface area contributed by atoms with Gasteiger partial charge in [-0.15, -0.1) is 0 Å². The Kier molecular flexibility index (Phi) is 7.20. The van der Waals surface area contributed by atoms with Crippen LogP contribution in [0.15, 0.2) is 0 Å². The van der Waals surface area contributed by atoms with Gasteiger partial charge in [-0.1, -0.05) is 27.7 Å². The van der Waals surface area contributed by atoms with Crippen molar-refractivity contribution >= 4 is 0 Å². The highest BCUT2D eigenvalue weighted by atomic mass is 16.5. The first-order chi connectivity index (χ1) is 8.54. The highest BCUT2D eigenvalue weighted by molar-refractivity contribution is 4.90. The van der Waals surface area contributed by atoms with E-state index >= 15 is 0 Å². The van der Waals surface area contributed by atoms with E-state index in [1.54, 1.807) is 0 Å². The van der Waals surface area contributed by atoms with Crippen LogP contribution in [0.5, 0.6) is 0 Å². The third-order valence-electron chi connectivity index (χ3n) is 3.49. The third kappa shape index (κ3) is 6.17. The molecule has 1 fully saturated rings. The number of hydrogen-bond acceptors (Lipinski definition) is 3. The molecule has 1 rings (SSSR count). The van der Waals surface area contributed by atoms with E-state index in [9.17, 15) is 0 Å². The topological polar surface area (TPSA) is 30.5 Å². The van der Waals surface area contributed by atoms with Gasteiger partial charge >= 0.3 is 0 Å². The van der Waals surface area contributed by atoms with E-state index in [1.165, 1.54) is 19.3 Å². The molecule has 0 spiro atoms. The molecule has 1 aliphatic rings. The summed E-state index contributed by atoms with van der Waals surface area (Å²) in [6.45, 7) is 12.1. The molecule has 0 saturated heterocycles. The smallest absolute Gasteiger partial charge is 0.0708 e. The highest BCUT2D eigenvalue weighted by Gasteiger charge is 2.37. The summed E-state index contributed by atoms with van der Waals surface area (Å²) in [4.78, 5) is 0. The molecule has 0 unspecified atom stereocenters. The van der Waals surface area contributed by atoms with Gasteiger partial charge in [-0.2, -0.15) is 0 Å². The summed E-state index contributed by atoms with van der Waals surface area (Å²) < 4.78 is 11.6. The monoisotopic (exact) mass is 257 g/mol. The van der Waals surface area contributed by atoms with Crippen LogP contribution in [-0.4, -0.2) is 38.0 Å². The van der Waals surface area contributed by atoms with Gasteiger partial charge in [-0.05, 0) is 38.1 Å². The Morgan fingerprint density at radius 3 is 2.33 bits per heavy atom. The van der Waals surface area contributed by atoms with Gasteiger partial charge in [0.25, 0.3) is 0 Å². The minimum atomic E-state index is 0.156. The minimum absolute atomic E-state index is 0.156. The second kappa shape index (κ2) is 8.13. The molecule has 3 nitrogen and oxygen atoms in total. The molecule has 0 bridgehead atoms. The molecule has 0 atom stereocenters. The highest BCUT2D eigenvalue weighted by Crippen LogP contribution is 2.38. The molecule has 0 amide bonds. The molecule has 3 heteroatoms. The zero-order valence-electron chi connectivity index (χ0n) is 12.6. The van der Waals surface area contributed by atoms with E-state index in [0.717, 1.165) is 32.8 Å². The summed E-state index contributed by atoms with van der Waals surface area (Å²) >= 11 is 0. The Hall–Kier alpha value is -0.120. The zero-order valence-corrected chi connectivity index (χ0v) is 12.6. The number of ether oxygens (including phenoxy) is 2. The average Bonchev–Trinajstić information content (AvgIpc) is 2.23. The van der Waals surface area contributed by atoms with E-state index in [2.05, 4.69) is 33.0 Å². The van der Waals surface area contributed by atoms with Crippen molar-refractivity contribution in [2.75, 3.05) is 26.4 Å². The van der Waals surface area contributed by atoms with Gasteiger partial charge in [0.15, 0.2) is 0 Å². The van der Waals surface area contributed by atoms with Crippen LogP contribution in [0.2, 0.25) is 0 Å². The molecular formula is C15H31NO2. The summed E-state index contributed by atoms with van der Waals surface area (Å²) in [6, 6.07) is 0.566. The molecule has 0 aromatic heterocycles. The van der Waals surface area contributed by atoms with Crippen molar-refractivity contribution in [1.82, 2.24) is 5.32 Å². The van der Waals surface area contributed by atoms with Crippen molar-refractivity contribution < 1.29 is 9.47 Å². The molecule has 1 saturated carbocycles. The standard InChI is InChI=1S/C15H31NO2/c1-13(2)12-17-10-11-18-15(6-5-7-15)8-9-16-14(3)4/h13-14,16H,5-12H2,1-4H3. The quantitative estimate of drug-likeness (QED) is 0.610. The van der Waals surface area contributed by atoms with Crippen molar-refractivity contribution in [2.45, 2.75) is 65.0 Å². The summed E-state index contributed by atoms with van der Waals surface area (Å²) in [5.74, 6) is 0.609. The van der Waals surface area contributed by atoms with E-state index < -0.39 is 0 Å². The number of hydrogen-bond donors (Lipinski definition) is 1. The van der Waals surface area contributed by atoms with Crippen LogP contribution in [0.3, 0.4) is 0 Å². The van der Waals surface area contributed by atoms with Gasteiger partial charge in [0.1, 0.15) is 0 Å². The Bertz CT molecular complexity index is 213. The van der Waals surface area contributed by atoms with Crippen molar-refractivity contribution in [2.24, 2.45) is 5.92 Å². The predicted molar refractivity (Wildman–Crippen MR) is 75.9 cm³/mol. The lowest BCUT2D eigenvalue weighted by Crippen LogP contribution is -2.44. The molecular weight excluding hydrogens is 226 g/mol. The zero-order chi connectivity index (χ0) is 13.4. The van der Waals surface area contributed by atoms with Gasteiger partial charge < -0.3 is 14.8 Å². The SMILES string of the molecule is CC(C)COCCOC1(CCNC(C)C)CCC1. The summed E-state index contributed by atoms with van der Waals surface area (Å²) in [5.41, 5.74) is 0.156. The van der Waals surface area contributed by atoms with Crippen LogP contribution >= 0.6 is 0 Å². The van der Waals surface area contributed by atoms with Gasteiger partial charge in [-0.3, -0.25) is 0 Å². The third-order valence-corrected chi connectivity index (χ3v) is 3.49. The summed E-state index contributed by atoms with van der Waals surface area (Å²) in [7, 11) is 0. The number of rotatable bonds is 10. The summed E-state index contributed by atoms with van der Waals surface area (Å²) in [5, 5.41) is 3.47. The van der Waals surface area contributed by atoms with Gasteiger partial charge in [0.05, 0.1) is 18.8 Å². The van der Waals surface area contributed by atoms with Gasteiger partial charge in [0.2, 0.25) is 0 Å². The first-order valence-electron chi connectivity index (χ1n) is 7.49. The van der Waals surface area contributed by atoms with E-state index in [1.807, 2.05) is 0 Å². The summed E-state index contributed by atoms with van der Waals surface area (Å²) in [6.07, 6.45) is 4.89. The van der Waals surface area contributed by atoms with Crippen LogP contribution in [0.1, 0.15) is 53.4 Å². The first-order valence-corrected chi connectivity index (χ1v) is 7.49. The fraction of sp³-hybridized carbons (Fsp3) is 1.00. The average molecular weight is 257 g/mol. The Balaban J connectivity index is 2.08. The van der Waals surface area contributed by atoms with E-state index in [-0.39, 0.29) is 5.60 Å². The molecule has 0 heterocycles. The molecule has 0 radical (unpaired) electrons. The first kappa shape index (κ1) is 15.9. The van der Waals surface area contributed by atoms with Crippen molar-refractivity contribution in [3.63, 3.8) is 0 Å². The maximum absolute atomic E-state index is 6.06. The lowest BCUT2D eigenvalue weighted by molar-refractivity contribution is -0.118. The molecule has 108 valence electrons.